The second-order valence-corrected chi connectivity index (χ2v) is 6.53. The zero-order valence-electron chi connectivity index (χ0n) is 14.2. The van der Waals surface area contributed by atoms with Crippen molar-refractivity contribution in [3.63, 3.8) is 0 Å². The Hall–Kier alpha value is -1.96. The Bertz CT molecular complexity index is 710. The van der Waals surface area contributed by atoms with Gasteiger partial charge >= 0.3 is 0 Å². The van der Waals surface area contributed by atoms with Gasteiger partial charge in [-0.05, 0) is 68.4 Å². The Labute approximate surface area is 133 Å². The van der Waals surface area contributed by atoms with E-state index in [-0.39, 0.29) is 0 Å². The molecule has 0 atom stereocenters. The normalized spacial score (nSPS) is 18.4. The minimum Gasteiger partial charge on any atom is -0.359 e. The van der Waals surface area contributed by atoms with Gasteiger partial charge in [0.05, 0.1) is 0 Å². The molecule has 1 aliphatic heterocycles. The van der Waals surface area contributed by atoms with Crippen LogP contribution in [0.25, 0.3) is 5.57 Å². The van der Waals surface area contributed by atoms with E-state index in [0.717, 1.165) is 31.4 Å². The van der Waals surface area contributed by atoms with E-state index in [9.17, 15) is 0 Å². The topological polar surface area (TPSA) is 19.0 Å². The van der Waals surface area contributed by atoms with E-state index < -0.39 is 0 Å². The second kappa shape index (κ2) is 5.68. The third kappa shape index (κ3) is 2.47. The number of aromatic amines is 1. The molecule has 0 fully saturated rings. The molecule has 0 amide bonds. The lowest BCUT2D eigenvalue weighted by atomic mass is 9.92. The molecule has 1 aliphatic carbocycles. The lowest BCUT2D eigenvalue weighted by Gasteiger charge is -2.34. The number of hydrogen-bond acceptors (Lipinski definition) is 1. The molecule has 2 nitrogen and oxygen atoms in total. The van der Waals surface area contributed by atoms with Crippen LogP contribution >= 0.6 is 0 Å². The number of fused-ring (bicyclic) bond motifs is 1. The molecule has 0 saturated heterocycles. The maximum atomic E-state index is 4.37. The Kier molecular flexibility index (Phi) is 3.86. The maximum absolute atomic E-state index is 4.37. The van der Waals surface area contributed by atoms with Crippen molar-refractivity contribution < 1.29 is 0 Å². The molecule has 22 heavy (non-hydrogen) atoms. The van der Waals surface area contributed by atoms with Crippen LogP contribution in [0, 0.1) is 6.92 Å². The summed E-state index contributed by atoms with van der Waals surface area (Å²) in [6.07, 6.45) is 8.96. The second-order valence-electron chi connectivity index (χ2n) is 6.53. The number of allylic oxidation sites excluding steroid dienone is 5. The molecule has 3 rings (SSSR count). The van der Waals surface area contributed by atoms with Gasteiger partial charge in [-0.2, -0.15) is 0 Å². The van der Waals surface area contributed by atoms with E-state index in [1.54, 1.807) is 0 Å². The monoisotopic (exact) mass is 294 g/mol. The smallest absolute Gasteiger partial charge is 0.0462 e. The van der Waals surface area contributed by atoms with Crippen molar-refractivity contribution in [3.05, 3.63) is 64.4 Å². The van der Waals surface area contributed by atoms with E-state index in [1.807, 2.05) is 0 Å². The van der Waals surface area contributed by atoms with E-state index in [1.165, 1.54) is 39.4 Å². The molecule has 1 N–H and O–H groups in total. The van der Waals surface area contributed by atoms with Gasteiger partial charge in [0.1, 0.15) is 0 Å². The summed E-state index contributed by atoms with van der Waals surface area (Å²) in [4.78, 5) is 5.86. The number of aryl methyl sites for hydroxylation is 2. The SMILES string of the molecule is C=C1C(CCC)=CC(C)=CN1C1=C(C)c2[nH]c(C)cc2CC1. The van der Waals surface area contributed by atoms with Crippen molar-refractivity contribution in [1.29, 1.82) is 0 Å². The summed E-state index contributed by atoms with van der Waals surface area (Å²) in [5.41, 5.74) is 10.6. The van der Waals surface area contributed by atoms with Crippen molar-refractivity contribution in [2.24, 2.45) is 0 Å². The van der Waals surface area contributed by atoms with Crippen LogP contribution < -0.4 is 0 Å². The molecule has 0 saturated carbocycles. The molecule has 1 aromatic rings. The number of aromatic nitrogens is 1. The average Bonchev–Trinajstić information content (AvgIpc) is 2.85. The van der Waals surface area contributed by atoms with Gasteiger partial charge in [-0.1, -0.05) is 26.0 Å². The molecule has 0 aromatic carbocycles. The number of rotatable bonds is 3. The first-order valence-corrected chi connectivity index (χ1v) is 8.27. The van der Waals surface area contributed by atoms with E-state index in [4.69, 9.17) is 0 Å². The van der Waals surface area contributed by atoms with E-state index in [2.05, 4.69) is 62.5 Å². The fraction of sp³-hybridized carbons (Fsp3) is 0.400. The van der Waals surface area contributed by atoms with Crippen molar-refractivity contribution >= 4 is 5.57 Å². The van der Waals surface area contributed by atoms with Crippen LogP contribution in [0.3, 0.4) is 0 Å². The van der Waals surface area contributed by atoms with Crippen molar-refractivity contribution in [3.8, 4) is 0 Å². The highest BCUT2D eigenvalue weighted by molar-refractivity contribution is 5.70. The fourth-order valence-corrected chi connectivity index (χ4v) is 3.62. The quantitative estimate of drug-likeness (QED) is 0.784. The first-order valence-electron chi connectivity index (χ1n) is 8.27. The molecule has 116 valence electrons. The molecule has 0 radical (unpaired) electrons. The highest BCUT2D eigenvalue weighted by Crippen LogP contribution is 2.38. The third-order valence-corrected chi connectivity index (χ3v) is 4.68. The standard InChI is InChI=1S/C20H26N2/c1-6-7-17-10-13(2)12-22(16(17)5)19-9-8-18-11-14(3)21-20(18)15(19)4/h10-12,21H,5-9H2,1-4H3. The number of nitrogens with one attached hydrogen (secondary N) is 1. The minimum absolute atomic E-state index is 1.08. The van der Waals surface area contributed by atoms with Crippen molar-refractivity contribution in [2.45, 2.75) is 53.4 Å². The molecule has 2 aliphatic rings. The zero-order chi connectivity index (χ0) is 15.9. The molecule has 0 bridgehead atoms. The number of H-pyrrole nitrogens is 1. The summed E-state index contributed by atoms with van der Waals surface area (Å²) in [5.74, 6) is 0. The molecular formula is C20H26N2. The Morgan fingerprint density at radius 1 is 1.23 bits per heavy atom. The van der Waals surface area contributed by atoms with Gasteiger partial charge in [-0.25, -0.2) is 0 Å². The first kappa shape index (κ1) is 15.0. The zero-order valence-corrected chi connectivity index (χ0v) is 14.2. The van der Waals surface area contributed by atoms with Gasteiger partial charge in [0.15, 0.2) is 0 Å². The summed E-state index contributed by atoms with van der Waals surface area (Å²) >= 11 is 0. The van der Waals surface area contributed by atoms with Crippen LogP contribution in [-0.2, 0) is 6.42 Å². The van der Waals surface area contributed by atoms with Gasteiger partial charge in [0.25, 0.3) is 0 Å². The first-order chi connectivity index (χ1) is 10.5. The van der Waals surface area contributed by atoms with Crippen LogP contribution in [0.2, 0.25) is 0 Å². The summed E-state index contributed by atoms with van der Waals surface area (Å²) in [5, 5.41) is 0. The lowest BCUT2D eigenvalue weighted by molar-refractivity contribution is 0.534. The molecule has 2 heterocycles. The van der Waals surface area contributed by atoms with E-state index in [0.29, 0.717) is 0 Å². The summed E-state index contributed by atoms with van der Waals surface area (Å²) in [6.45, 7) is 13.1. The largest absolute Gasteiger partial charge is 0.359 e. The molecule has 1 aromatic heterocycles. The highest BCUT2D eigenvalue weighted by atomic mass is 15.1. The van der Waals surface area contributed by atoms with Gasteiger partial charge in [0.2, 0.25) is 0 Å². The third-order valence-electron chi connectivity index (χ3n) is 4.68. The van der Waals surface area contributed by atoms with Crippen molar-refractivity contribution in [2.75, 3.05) is 0 Å². The van der Waals surface area contributed by atoms with Gasteiger partial charge in [0, 0.05) is 29.0 Å². The number of nitrogens with zero attached hydrogens (tertiary/aromatic N) is 1. The number of hydrogen-bond donors (Lipinski definition) is 1. The Balaban J connectivity index is 2.01. The average molecular weight is 294 g/mol. The minimum atomic E-state index is 1.08. The molecular weight excluding hydrogens is 268 g/mol. The van der Waals surface area contributed by atoms with Crippen LogP contribution in [0.5, 0.6) is 0 Å². The summed E-state index contributed by atoms with van der Waals surface area (Å²) < 4.78 is 0. The lowest BCUT2D eigenvalue weighted by Crippen LogP contribution is -2.23. The molecule has 0 spiro atoms. The van der Waals surface area contributed by atoms with Crippen LogP contribution in [0.15, 0.2) is 47.5 Å². The van der Waals surface area contributed by atoms with Crippen LogP contribution in [0.1, 0.15) is 57.0 Å². The fourth-order valence-electron chi connectivity index (χ4n) is 3.62. The molecule has 2 heteroatoms. The summed E-state index contributed by atoms with van der Waals surface area (Å²) in [6, 6.07) is 2.28. The Morgan fingerprint density at radius 3 is 2.73 bits per heavy atom. The van der Waals surface area contributed by atoms with Gasteiger partial charge in [-0.15, -0.1) is 0 Å². The van der Waals surface area contributed by atoms with Crippen LogP contribution in [0.4, 0.5) is 0 Å². The molecule has 0 unspecified atom stereocenters. The Morgan fingerprint density at radius 2 is 2.00 bits per heavy atom. The van der Waals surface area contributed by atoms with Crippen LogP contribution in [-0.4, -0.2) is 9.88 Å². The van der Waals surface area contributed by atoms with Gasteiger partial charge in [-0.3, -0.25) is 0 Å². The van der Waals surface area contributed by atoms with Crippen molar-refractivity contribution in [1.82, 2.24) is 9.88 Å². The summed E-state index contributed by atoms with van der Waals surface area (Å²) in [7, 11) is 0. The van der Waals surface area contributed by atoms with E-state index >= 15 is 0 Å². The highest BCUT2D eigenvalue weighted by Gasteiger charge is 2.25. The maximum Gasteiger partial charge on any atom is 0.0462 e. The predicted octanol–water partition coefficient (Wildman–Crippen LogP) is 5.46. The van der Waals surface area contributed by atoms with Gasteiger partial charge < -0.3 is 9.88 Å². The predicted molar refractivity (Wildman–Crippen MR) is 94.2 cm³/mol.